The van der Waals surface area contributed by atoms with E-state index in [0.717, 1.165) is 41.9 Å². The van der Waals surface area contributed by atoms with E-state index in [2.05, 4.69) is 26.8 Å². The zero-order valence-corrected chi connectivity index (χ0v) is 15.1. The van der Waals surface area contributed by atoms with Gasteiger partial charge in [-0.3, -0.25) is 0 Å². The molecule has 0 saturated carbocycles. The number of rotatable bonds is 3. The van der Waals surface area contributed by atoms with Gasteiger partial charge < -0.3 is 14.8 Å². The van der Waals surface area contributed by atoms with Crippen molar-refractivity contribution in [3.63, 3.8) is 0 Å². The first-order valence-electron chi connectivity index (χ1n) is 7.94. The summed E-state index contributed by atoms with van der Waals surface area (Å²) in [5.74, 6) is 0. The molecule has 1 saturated heterocycles. The van der Waals surface area contributed by atoms with E-state index in [1.807, 2.05) is 0 Å². The Balaban J connectivity index is 1.54. The van der Waals surface area contributed by atoms with Gasteiger partial charge in [-0.2, -0.15) is 4.31 Å². The number of aromatic amines is 1. The number of nitrogens with one attached hydrogen (secondary N) is 1. The molecule has 4 heterocycles. The number of likely N-dealkylation sites (N-methyl/N-ethyl adjacent to an activating group) is 1. The number of imidazole rings is 1. The van der Waals surface area contributed by atoms with Crippen molar-refractivity contribution in [1.29, 1.82) is 0 Å². The molecule has 2 aromatic rings. The molecule has 2 aromatic heterocycles. The number of thiazole rings is 1. The Kier molecular flexibility index (Phi) is 4.07. The monoisotopic (exact) mass is 368 g/mol. The highest BCUT2D eigenvalue weighted by Crippen LogP contribution is 2.32. The fourth-order valence-electron chi connectivity index (χ4n) is 3.02. The van der Waals surface area contributed by atoms with Crippen molar-refractivity contribution in [3.05, 3.63) is 23.1 Å². The number of nitrogens with zero attached hydrogens (tertiary/aromatic N) is 5. The van der Waals surface area contributed by atoms with Gasteiger partial charge in [0.25, 0.3) is 10.0 Å². The van der Waals surface area contributed by atoms with Crippen LogP contribution in [0.2, 0.25) is 0 Å². The molecule has 0 aromatic carbocycles. The summed E-state index contributed by atoms with van der Waals surface area (Å²) in [5.41, 5.74) is 1.05. The van der Waals surface area contributed by atoms with Gasteiger partial charge in [-0.05, 0) is 7.05 Å². The van der Waals surface area contributed by atoms with Crippen LogP contribution in [-0.2, 0) is 23.0 Å². The summed E-state index contributed by atoms with van der Waals surface area (Å²) >= 11 is 1.62. The SMILES string of the molecule is CN1CCN(c2nc3c(s2)CN(S(=O)(=O)c2cnc[nH]2)CC3)CC1. The van der Waals surface area contributed by atoms with E-state index in [4.69, 9.17) is 4.98 Å². The van der Waals surface area contributed by atoms with Crippen LogP contribution in [0.3, 0.4) is 0 Å². The summed E-state index contributed by atoms with van der Waals surface area (Å²) in [6.07, 6.45) is 3.40. The van der Waals surface area contributed by atoms with Crippen molar-refractivity contribution in [3.8, 4) is 0 Å². The molecule has 0 aliphatic carbocycles. The molecule has 1 fully saturated rings. The van der Waals surface area contributed by atoms with Crippen LogP contribution >= 0.6 is 11.3 Å². The van der Waals surface area contributed by atoms with E-state index >= 15 is 0 Å². The molecule has 0 unspecified atom stereocenters. The summed E-state index contributed by atoms with van der Waals surface area (Å²) in [7, 11) is -1.38. The Labute approximate surface area is 145 Å². The van der Waals surface area contributed by atoms with E-state index in [0.29, 0.717) is 19.5 Å². The summed E-state index contributed by atoms with van der Waals surface area (Å²) < 4.78 is 26.8. The third-order valence-corrected chi connectivity index (χ3v) is 7.46. The molecule has 2 aliphatic heterocycles. The molecule has 0 radical (unpaired) electrons. The quantitative estimate of drug-likeness (QED) is 0.842. The first-order chi connectivity index (χ1) is 11.5. The lowest BCUT2D eigenvalue weighted by Crippen LogP contribution is -2.44. The van der Waals surface area contributed by atoms with Gasteiger partial charge in [-0.25, -0.2) is 18.4 Å². The fraction of sp³-hybridized carbons (Fsp3) is 0.571. The maximum Gasteiger partial charge on any atom is 0.260 e. The van der Waals surface area contributed by atoms with Crippen molar-refractivity contribution in [1.82, 2.24) is 24.2 Å². The maximum atomic E-state index is 12.6. The van der Waals surface area contributed by atoms with Gasteiger partial charge in [0, 0.05) is 44.0 Å². The van der Waals surface area contributed by atoms with Crippen molar-refractivity contribution >= 4 is 26.5 Å². The van der Waals surface area contributed by atoms with Gasteiger partial charge in [-0.15, -0.1) is 11.3 Å². The van der Waals surface area contributed by atoms with Crippen molar-refractivity contribution in [2.24, 2.45) is 0 Å². The highest BCUT2D eigenvalue weighted by atomic mass is 32.2. The first kappa shape index (κ1) is 16.0. The summed E-state index contributed by atoms with van der Waals surface area (Å²) in [4.78, 5) is 16.9. The normalized spacial score (nSPS) is 20.3. The van der Waals surface area contributed by atoms with Crippen molar-refractivity contribution < 1.29 is 8.42 Å². The largest absolute Gasteiger partial charge is 0.346 e. The smallest absolute Gasteiger partial charge is 0.260 e. The molecule has 8 nitrogen and oxygen atoms in total. The topological polar surface area (TPSA) is 85.4 Å². The molecular weight excluding hydrogens is 348 g/mol. The molecule has 24 heavy (non-hydrogen) atoms. The lowest BCUT2D eigenvalue weighted by atomic mass is 10.2. The summed E-state index contributed by atoms with van der Waals surface area (Å²) in [6.45, 7) is 4.86. The third-order valence-electron chi connectivity index (χ3n) is 4.55. The van der Waals surface area contributed by atoms with Crippen LogP contribution in [0.4, 0.5) is 5.13 Å². The predicted molar refractivity (Wildman–Crippen MR) is 91.7 cm³/mol. The molecule has 130 valence electrons. The minimum absolute atomic E-state index is 0.148. The second-order valence-electron chi connectivity index (χ2n) is 6.16. The second kappa shape index (κ2) is 6.10. The minimum Gasteiger partial charge on any atom is -0.346 e. The van der Waals surface area contributed by atoms with Gasteiger partial charge in [0.15, 0.2) is 10.2 Å². The number of aromatic nitrogens is 3. The lowest BCUT2D eigenvalue weighted by Gasteiger charge is -2.32. The molecule has 2 aliphatic rings. The fourth-order valence-corrected chi connectivity index (χ4v) is 5.58. The van der Waals surface area contributed by atoms with E-state index in [1.54, 1.807) is 11.3 Å². The lowest BCUT2D eigenvalue weighted by molar-refractivity contribution is 0.312. The average Bonchev–Trinajstić information content (AvgIpc) is 3.24. The van der Waals surface area contributed by atoms with Crippen LogP contribution in [0.25, 0.3) is 0 Å². The Morgan fingerprint density at radius 1 is 1.21 bits per heavy atom. The Bertz CT molecular complexity index is 808. The predicted octanol–water partition coefficient (Wildman–Crippen LogP) is 0.365. The molecule has 10 heteroatoms. The zero-order chi connectivity index (χ0) is 16.7. The number of anilines is 1. The maximum absolute atomic E-state index is 12.6. The van der Waals surface area contributed by atoms with Crippen LogP contribution in [0.1, 0.15) is 10.6 Å². The number of H-pyrrole nitrogens is 1. The summed E-state index contributed by atoms with van der Waals surface area (Å²) in [6, 6.07) is 0. The zero-order valence-electron chi connectivity index (χ0n) is 13.5. The van der Waals surface area contributed by atoms with E-state index in [1.165, 1.54) is 16.8 Å². The van der Waals surface area contributed by atoms with Gasteiger partial charge in [0.1, 0.15) is 0 Å². The van der Waals surface area contributed by atoms with E-state index in [9.17, 15) is 8.42 Å². The van der Waals surface area contributed by atoms with Gasteiger partial charge in [0.05, 0.1) is 24.8 Å². The van der Waals surface area contributed by atoms with Crippen LogP contribution in [0.5, 0.6) is 0 Å². The third kappa shape index (κ3) is 2.83. The molecular formula is C14H20N6O2S2. The first-order valence-corrected chi connectivity index (χ1v) is 10.2. The van der Waals surface area contributed by atoms with Crippen molar-refractivity contribution in [2.75, 3.05) is 44.7 Å². The van der Waals surface area contributed by atoms with E-state index in [-0.39, 0.29) is 5.03 Å². The van der Waals surface area contributed by atoms with Crippen LogP contribution < -0.4 is 4.90 Å². The number of fused-ring (bicyclic) bond motifs is 1. The second-order valence-corrected chi connectivity index (χ2v) is 9.13. The number of hydrogen-bond donors (Lipinski definition) is 1. The van der Waals surface area contributed by atoms with Crippen LogP contribution in [0, 0.1) is 0 Å². The highest BCUT2D eigenvalue weighted by molar-refractivity contribution is 7.89. The highest BCUT2D eigenvalue weighted by Gasteiger charge is 2.32. The Morgan fingerprint density at radius 2 is 2.00 bits per heavy atom. The molecule has 1 N–H and O–H groups in total. The number of sulfonamides is 1. The van der Waals surface area contributed by atoms with Crippen LogP contribution in [-0.4, -0.2) is 72.3 Å². The van der Waals surface area contributed by atoms with Crippen LogP contribution in [0.15, 0.2) is 17.6 Å². The standard InChI is InChI=1S/C14H20N6O2S2/c1-18-4-6-19(7-5-18)14-17-11-2-3-20(9-12(11)23-14)24(21,22)13-8-15-10-16-13/h8,10H,2-7,9H2,1H3,(H,15,16). The molecule has 0 amide bonds. The average molecular weight is 368 g/mol. The Morgan fingerprint density at radius 3 is 2.71 bits per heavy atom. The van der Waals surface area contributed by atoms with E-state index < -0.39 is 10.0 Å². The molecule has 0 atom stereocenters. The Hall–Kier alpha value is -1.49. The molecule has 4 rings (SSSR count). The van der Waals surface area contributed by atoms with Crippen molar-refractivity contribution in [2.45, 2.75) is 18.0 Å². The minimum atomic E-state index is -3.51. The van der Waals surface area contributed by atoms with Gasteiger partial charge in [-0.1, -0.05) is 0 Å². The van der Waals surface area contributed by atoms with Gasteiger partial charge in [0.2, 0.25) is 0 Å². The molecule has 0 spiro atoms. The number of piperazine rings is 1. The van der Waals surface area contributed by atoms with Gasteiger partial charge >= 0.3 is 0 Å². The molecule has 0 bridgehead atoms. The summed E-state index contributed by atoms with van der Waals surface area (Å²) in [5, 5.41) is 1.17. The number of hydrogen-bond acceptors (Lipinski definition) is 7.